The minimum atomic E-state index is -1.04. The summed E-state index contributed by atoms with van der Waals surface area (Å²) >= 11 is 0. The van der Waals surface area contributed by atoms with Gasteiger partial charge in [-0.1, -0.05) is 12.1 Å². The Bertz CT molecular complexity index is 799. The van der Waals surface area contributed by atoms with Crippen LogP contribution in [0.4, 0.5) is 4.79 Å². The number of nitrogens with one attached hydrogen (secondary N) is 3. The predicted molar refractivity (Wildman–Crippen MR) is 107 cm³/mol. The second kappa shape index (κ2) is 11.1. The summed E-state index contributed by atoms with van der Waals surface area (Å²) in [4.78, 5) is 40.8. The van der Waals surface area contributed by atoms with E-state index in [4.69, 9.17) is 26.5 Å². The number of hydrazine groups is 1. The third-order valence-corrected chi connectivity index (χ3v) is 4.69. The van der Waals surface area contributed by atoms with E-state index in [0.29, 0.717) is 32.4 Å². The van der Waals surface area contributed by atoms with E-state index in [1.54, 1.807) is 0 Å². The summed E-state index contributed by atoms with van der Waals surface area (Å²) in [5, 5.41) is 24.1. The molecule has 0 aromatic carbocycles. The number of hydrogen-bond acceptors (Lipinski definition) is 8. The zero-order valence-electron chi connectivity index (χ0n) is 17.3. The fourth-order valence-electron chi connectivity index (χ4n) is 3.09. The fraction of sp³-hybridized carbons (Fsp3) is 0.647. The lowest BCUT2D eigenvalue weighted by Crippen LogP contribution is -2.49. The quantitative estimate of drug-likeness (QED) is 0.160. The zero-order chi connectivity index (χ0) is 23.0. The van der Waals surface area contributed by atoms with Gasteiger partial charge in [-0.05, 0) is 25.7 Å². The van der Waals surface area contributed by atoms with Gasteiger partial charge in [-0.15, -0.1) is 0 Å². The Hall–Kier alpha value is -3.42. The summed E-state index contributed by atoms with van der Waals surface area (Å²) < 4.78 is 5.06. The van der Waals surface area contributed by atoms with E-state index >= 15 is 0 Å². The van der Waals surface area contributed by atoms with Gasteiger partial charge in [0, 0.05) is 19.5 Å². The number of aliphatic carboxylic acids is 1. The van der Waals surface area contributed by atoms with Gasteiger partial charge in [0.2, 0.25) is 17.8 Å². The van der Waals surface area contributed by atoms with E-state index in [0.717, 1.165) is 0 Å². The van der Waals surface area contributed by atoms with E-state index in [9.17, 15) is 14.4 Å². The number of aromatic nitrogens is 2. The van der Waals surface area contributed by atoms with Crippen molar-refractivity contribution in [2.45, 2.75) is 57.7 Å². The van der Waals surface area contributed by atoms with E-state index in [-0.39, 0.29) is 43.0 Å². The number of guanidine groups is 1. The Morgan fingerprint density at radius 2 is 2.19 bits per heavy atom. The van der Waals surface area contributed by atoms with Gasteiger partial charge in [0.15, 0.2) is 5.82 Å². The molecule has 2 rings (SSSR count). The van der Waals surface area contributed by atoms with Gasteiger partial charge < -0.3 is 31.3 Å². The molecule has 14 heteroatoms. The van der Waals surface area contributed by atoms with Crippen LogP contribution in [-0.2, 0) is 16.1 Å². The number of rotatable bonds is 9. The molecule has 0 aliphatic carbocycles. The summed E-state index contributed by atoms with van der Waals surface area (Å²) in [6, 6.07) is -2.03. The molecule has 1 aliphatic rings. The Morgan fingerprint density at radius 3 is 2.84 bits per heavy atom. The van der Waals surface area contributed by atoms with E-state index in [2.05, 4.69) is 20.9 Å². The lowest BCUT2D eigenvalue weighted by Gasteiger charge is -2.22. The van der Waals surface area contributed by atoms with Crippen LogP contribution < -0.4 is 22.2 Å². The van der Waals surface area contributed by atoms with Crippen molar-refractivity contribution >= 4 is 23.9 Å². The molecule has 2 unspecified atom stereocenters. The smallest absolute Gasteiger partial charge is 0.326 e. The second-order valence-corrected chi connectivity index (χ2v) is 7.11. The highest BCUT2D eigenvalue weighted by molar-refractivity contribution is 5.83. The van der Waals surface area contributed by atoms with Gasteiger partial charge in [0.25, 0.3) is 0 Å². The molecule has 1 aromatic heterocycles. The molecule has 2 heterocycles. The Labute approximate surface area is 178 Å². The van der Waals surface area contributed by atoms with Crippen LogP contribution in [0.5, 0.6) is 0 Å². The fourth-order valence-corrected chi connectivity index (χ4v) is 3.09. The van der Waals surface area contributed by atoms with E-state index in [1.165, 1.54) is 9.91 Å². The highest BCUT2D eigenvalue weighted by Crippen LogP contribution is 2.17. The maximum absolute atomic E-state index is 12.2. The molecular formula is C17H29N9O5. The van der Waals surface area contributed by atoms with Crippen molar-refractivity contribution in [2.24, 2.45) is 11.5 Å². The Morgan fingerprint density at radius 1 is 1.45 bits per heavy atom. The normalized spacial score (nSPS) is 16.6. The van der Waals surface area contributed by atoms with Crippen LogP contribution in [0.15, 0.2) is 4.52 Å². The molecule has 3 amide bonds. The molecule has 1 aliphatic heterocycles. The van der Waals surface area contributed by atoms with Crippen LogP contribution in [0.3, 0.4) is 0 Å². The molecule has 14 nitrogen and oxygen atoms in total. The molecule has 1 aromatic rings. The lowest BCUT2D eigenvalue weighted by molar-refractivity contribution is -0.141. The summed E-state index contributed by atoms with van der Waals surface area (Å²) in [6.07, 6.45) is 2.03. The van der Waals surface area contributed by atoms with Gasteiger partial charge in [0.1, 0.15) is 6.04 Å². The third-order valence-electron chi connectivity index (χ3n) is 4.69. The molecule has 1 saturated heterocycles. The summed E-state index contributed by atoms with van der Waals surface area (Å²) in [5.74, 6) is -1.36. The first kappa shape index (κ1) is 23.9. The Kier molecular flexibility index (Phi) is 8.54. The molecule has 2 atom stereocenters. The van der Waals surface area contributed by atoms with Crippen LogP contribution in [0.1, 0.15) is 56.8 Å². The average Bonchev–Trinajstić information content (AvgIpc) is 3.39. The summed E-state index contributed by atoms with van der Waals surface area (Å²) in [5.41, 5.74) is 13.9. The highest BCUT2D eigenvalue weighted by Gasteiger charge is 2.34. The maximum atomic E-state index is 12.2. The van der Waals surface area contributed by atoms with E-state index in [1.807, 2.05) is 6.92 Å². The van der Waals surface area contributed by atoms with Crippen LogP contribution in [0.2, 0.25) is 0 Å². The first-order chi connectivity index (χ1) is 14.7. The van der Waals surface area contributed by atoms with Gasteiger partial charge >= 0.3 is 12.0 Å². The number of likely N-dealkylation sites (tertiary alicyclic amines) is 1. The molecule has 0 saturated carbocycles. The van der Waals surface area contributed by atoms with Crippen molar-refractivity contribution in [1.29, 1.82) is 5.41 Å². The number of carbonyl (C=O) groups is 3. The number of hydrogen-bond donors (Lipinski definition) is 6. The van der Waals surface area contributed by atoms with Crippen molar-refractivity contribution in [1.82, 2.24) is 30.8 Å². The van der Waals surface area contributed by atoms with Gasteiger partial charge in [0.05, 0.1) is 12.6 Å². The maximum Gasteiger partial charge on any atom is 0.326 e. The number of carboxylic acids is 1. The average molecular weight is 439 g/mol. The van der Waals surface area contributed by atoms with Crippen molar-refractivity contribution in [3.05, 3.63) is 11.7 Å². The first-order valence-corrected chi connectivity index (χ1v) is 9.99. The topological polar surface area (TPSA) is 217 Å². The lowest BCUT2D eigenvalue weighted by atomic mass is 10.1. The van der Waals surface area contributed by atoms with E-state index < -0.39 is 24.1 Å². The third kappa shape index (κ3) is 6.80. The van der Waals surface area contributed by atoms with Gasteiger partial charge in [-0.3, -0.25) is 20.6 Å². The molecule has 172 valence electrons. The Balaban J connectivity index is 1.79. The standard InChI is InChI=1S/C17H29N9O5/c1-2-7-26(16(19)20)23-12(27)6-5-10(18)14-22-13(31-24-14)9-21-17(30)25-8-3-4-11(25)15(28)29/h10-11H,2-9,18H2,1H3,(H3,19,20)(H,21,30)(H,23,27)(H,28,29). The highest BCUT2D eigenvalue weighted by atomic mass is 16.5. The van der Waals surface area contributed by atoms with Crippen molar-refractivity contribution in [3.8, 4) is 0 Å². The number of nitrogens with two attached hydrogens (primary N) is 2. The van der Waals surface area contributed by atoms with Gasteiger partial charge in [-0.25, -0.2) is 9.59 Å². The number of nitrogens with zero attached hydrogens (tertiary/aromatic N) is 4. The van der Waals surface area contributed by atoms with Crippen molar-refractivity contribution in [3.63, 3.8) is 0 Å². The molecule has 0 bridgehead atoms. The van der Waals surface area contributed by atoms with Crippen LogP contribution in [0, 0.1) is 5.41 Å². The monoisotopic (exact) mass is 439 g/mol. The second-order valence-electron chi connectivity index (χ2n) is 7.11. The summed E-state index contributed by atoms with van der Waals surface area (Å²) in [6.45, 7) is 2.60. The molecule has 0 spiro atoms. The molecular weight excluding hydrogens is 410 g/mol. The van der Waals surface area contributed by atoms with Crippen molar-refractivity contribution < 1.29 is 24.0 Å². The summed E-state index contributed by atoms with van der Waals surface area (Å²) in [7, 11) is 0. The zero-order valence-corrected chi connectivity index (χ0v) is 17.3. The van der Waals surface area contributed by atoms with Crippen LogP contribution in [0.25, 0.3) is 0 Å². The molecule has 1 fully saturated rings. The number of amides is 3. The number of urea groups is 1. The number of carbonyl (C=O) groups excluding carboxylic acids is 2. The van der Waals surface area contributed by atoms with Crippen LogP contribution >= 0.6 is 0 Å². The largest absolute Gasteiger partial charge is 0.480 e. The van der Waals surface area contributed by atoms with Crippen molar-refractivity contribution in [2.75, 3.05) is 13.1 Å². The molecule has 0 radical (unpaired) electrons. The minimum absolute atomic E-state index is 0.0564. The van der Waals surface area contributed by atoms with Gasteiger partial charge in [-0.2, -0.15) is 4.98 Å². The number of carboxylic acid groups (broad SMARTS) is 1. The predicted octanol–water partition coefficient (Wildman–Crippen LogP) is -0.755. The molecule has 31 heavy (non-hydrogen) atoms. The molecule has 8 N–H and O–H groups in total. The SMILES string of the molecule is CCCN(NC(=O)CCC(N)c1noc(CNC(=O)N2CCCC2C(=O)O)n1)C(=N)N. The van der Waals surface area contributed by atoms with Crippen LogP contribution in [-0.4, -0.2) is 68.2 Å². The minimum Gasteiger partial charge on any atom is -0.480 e. The first-order valence-electron chi connectivity index (χ1n) is 9.99.